The Balaban J connectivity index is 1.52. The average Bonchev–Trinajstić information content (AvgIpc) is 3.20. The second kappa shape index (κ2) is 8.83. The highest BCUT2D eigenvalue weighted by Gasteiger charge is 2.38. The molecule has 2 aromatic carbocycles. The van der Waals surface area contributed by atoms with Gasteiger partial charge in [-0.2, -0.15) is 18.2 Å². The van der Waals surface area contributed by atoms with E-state index in [4.69, 9.17) is 10.5 Å². The number of hydrogen-bond acceptors (Lipinski definition) is 8. The molecule has 14 heteroatoms. The van der Waals surface area contributed by atoms with Crippen LogP contribution in [-0.2, 0) is 17.5 Å². The third-order valence-corrected chi connectivity index (χ3v) is 5.87. The highest BCUT2D eigenvalue weighted by molar-refractivity contribution is 6.00. The second-order valence-electron chi connectivity index (χ2n) is 9.01. The summed E-state index contributed by atoms with van der Waals surface area (Å²) in [6, 6.07) is 8.67. The molecule has 0 radical (unpaired) electrons. The van der Waals surface area contributed by atoms with Crippen LogP contribution in [0.2, 0.25) is 0 Å². The van der Waals surface area contributed by atoms with Crippen molar-refractivity contribution in [2.45, 2.75) is 32.2 Å². The maximum Gasteiger partial charge on any atom is 0.449 e. The minimum Gasteiger partial charge on any atom is -0.476 e. The Bertz CT molecular complexity index is 1580. The van der Waals surface area contributed by atoms with Crippen LogP contribution < -0.4 is 21.1 Å². The molecule has 0 spiro atoms. The molecule has 0 saturated carbocycles. The largest absolute Gasteiger partial charge is 0.476 e. The van der Waals surface area contributed by atoms with Gasteiger partial charge in [0.15, 0.2) is 17.2 Å². The van der Waals surface area contributed by atoms with Crippen molar-refractivity contribution in [3.05, 3.63) is 48.0 Å². The van der Waals surface area contributed by atoms with Gasteiger partial charge in [-0.05, 0) is 44.2 Å². The first-order valence-electron chi connectivity index (χ1n) is 11.3. The van der Waals surface area contributed by atoms with E-state index in [0.29, 0.717) is 17.1 Å². The van der Waals surface area contributed by atoms with Gasteiger partial charge in [-0.25, -0.2) is 14.4 Å². The number of aromatic nitrogens is 4. The van der Waals surface area contributed by atoms with E-state index >= 15 is 4.39 Å². The summed E-state index contributed by atoms with van der Waals surface area (Å²) in [6.07, 6.45) is -4.76. The number of alkyl halides is 3. The summed E-state index contributed by atoms with van der Waals surface area (Å²) in [5, 5.41) is 14.7. The van der Waals surface area contributed by atoms with Crippen LogP contribution in [0, 0.1) is 5.82 Å². The Morgan fingerprint density at radius 1 is 1.16 bits per heavy atom. The predicted octanol–water partition coefficient (Wildman–Crippen LogP) is 4.08. The van der Waals surface area contributed by atoms with Gasteiger partial charge in [0.25, 0.3) is 5.91 Å². The van der Waals surface area contributed by atoms with Crippen molar-refractivity contribution in [1.29, 1.82) is 0 Å². The number of nitrogens with two attached hydrogens (primary N) is 1. The number of benzene rings is 2. The van der Waals surface area contributed by atoms with E-state index in [2.05, 4.69) is 25.6 Å². The normalized spacial score (nSPS) is 14.7. The number of ether oxygens (including phenoxy) is 1. The van der Waals surface area contributed by atoms with E-state index in [1.165, 1.54) is 24.3 Å². The molecular formula is C24H21F4N7O3. The molecule has 1 amide bonds. The Labute approximate surface area is 212 Å². The molecule has 10 nitrogen and oxygen atoms in total. The molecule has 198 valence electrons. The van der Waals surface area contributed by atoms with Gasteiger partial charge in [0.1, 0.15) is 11.4 Å². The fourth-order valence-corrected chi connectivity index (χ4v) is 4.08. The molecule has 5 N–H and O–H groups in total. The van der Waals surface area contributed by atoms with Crippen LogP contribution in [-0.4, -0.2) is 42.7 Å². The van der Waals surface area contributed by atoms with E-state index < -0.39 is 30.0 Å². The van der Waals surface area contributed by atoms with E-state index in [9.17, 15) is 23.1 Å². The number of anilines is 4. The van der Waals surface area contributed by atoms with Crippen LogP contribution in [0.1, 0.15) is 19.7 Å². The lowest BCUT2D eigenvalue weighted by molar-refractivity contribution is -0.147. The molecule has 3 heterocycles. The van der Waals surface area contributed by atoms with Crippen LogP contribution in [0.5, 0.6) is 5.75 Å². The van der Waals surface area contributed by atoms with Gasteiger partial charge >= 0.3 is 6.18 Å². The van der Waals surface area contributed by atoms with E-state index in [0.717, 1.165) is 4.57 Å². The molecule has 0 saturated heterocycles. The molecular weight excluding hydrogens is 510 g/mol. The number of nitrogen functional groups attached to an aromatic ring is 1. The van der Waals surface area contributed by atoms with Crippen LogP contribution in [0.3, 0.4) is 0 Å². The SMILES string of the molecule is CC1(C)Oc2ccc(Nc3nc(N)nc(-c4ccc5c(c4)nc(C(F)(F)F)n5CCO)c3F)cc2NC1=O. The van der Waals surface area contributed by atoms with Gasteiger partial charge in [0.2, 0.25) is 11.8 Å². The van der Waals surface area contributed by atoms with Crippen molar-refractivity contribution < 1.29 is 32.2 Å². The lowest BCUT2D eigenvalue weighted by Crippen LogP contribution is -2.45. The number of nitrogens with one attached hydrogen (secondary N) is 2. The van der Waals surface area contributed by atoms with Gasteiger partial charge in [0.05, 0.1) is 23.3 Å². The van der Waals surface area contributed by atoms with Crippen LogP contribution in [0.25, 0.3) is 22.3 Å². The Morgan fingerprint density at radius 3 is 2.63 bits per heavy atom. The van der Waals surface area contributed by atoms with Crippen molar-refractivity contribution in [1.82, 2.24) is 19.5 Å². The Morgan fingerprint density at radius 2 is 1.92 bits per heavy atom. The molecule has 1 aliphatic rings. The number of rotatable bonds is 5. The molecule has 38 heavy (non-hydrogen) atoms. The molecule has 0 fully saturated rings. The number of hydrogen-bond donors (Lipinski definition) is 4. The minimum absolute atomic E-state index is 0.0669. The van der Waals surface area contributed by atoms with Crippen molar-refractivity contribution in [2.24, 2.45) is 0 Å². The second-order valence-corrected chi connectivity index (χ2v) is 9.01. The number of amides is 1. The number of aliphatic hydroxyl groups excluding tert-OH is 1. The van der Waals surface area contributed by atoms with Gasteiger partial charge in [-0.15, -0.1) is 0 Å². The van der Waals surface area contributed by atoms with Gasteiger partial charge in [-0.1, -0.05) is 6.07 Å². The highest BCUT2D eigenvalue weighted by Crippen LogP contribution is 2.37. The van der Waals surface area contributed by atoms with Crippen molar-refractivity contribution in [2.75, 3.05) is 23.0 Å². The van der Waals surface area contributed by atoms with Gasteiger partial charge in [-0.3, -0.25) is 4.79 Å². The van der Waals surface area contributed by atoms with Crippen LogP contribution >= 0.6 is 0 Å². The average molecular weight is 531 g/mol. The number of carbonyl (C=O) groups is 1. The van der Waals surface area contributed by atoms with E-state index in [1.54, 1.807) is 26.0 Å². The summed E-state index contributed by atoms with van der Waals surface area (Å²) in [7, 11) is 0. The topological polar surface area (TPSA) is 140 Å². The Hall–Kier alpha value is -4.46. The van der Waals surface area contributed by atoms with Crippen LogP contribution in [0.4, 0.5) is 40.7 Å². The molecule has 1 aliphatic heterocycles. The smallest absolute Gasteiger partial charge is 0.449 e. The van der Waals surface area contributed by atoms with Gasteiger partial charge in [0, 0.05) is 17.8 Å². The minimum atomic E-state index is -4.76. The zero-order chi connectivity index (χ0) is 27.4. The van der Waals surface area contributed by atoms with E-state index in [1.807, 2.05) is 0 Å². The number of aliphatic hydroxyl groups is 1. The summed E-state index contributed by atoms with van der Waals surface area (Å²) in [6.45, 7) is 2.39. The zero-order valence-corrected chi connectivity index (χ0v) is 20.0. The summed E-state index contributed by atoms with van der Waals surface area (Å²) in [5.74, 6) is -2.61. The summed E-state index contributed by atoms with van der Waals surface area (Å²) < 4.78 is 62.5. The third-order valence-electron chi connectivity index (χ3n) is 5.87. The fourth-order valence-electron chi connectivity index (χ4n) is 4.08. The van der Waals surface area contributed by atoms with E-state index in [-0.39, 0.29) is 46.5 Å². The molecule has 5 rings (SSSR count). The lowest BCUT2D eigenvalue weighted by atomic mass is 10.1. The quantitative estimate of drug-likeness (QED) is 0.283. The number of carbonyl (C=O) groups excluding carboxylic acids is 1. The van der Waals surface area contributed by atoms with Crippen molar-refractivity contribution >= 4 is 40.1 Å². The maximum absolute atomic E-state index is 15.5. The van der Waals surface area contributed by atoms with Crippen molar-refractivity contribution in [3.8, 4) is 17.0 Å². The molecule has 4 aromatic rings. The number of imidazole rings is 1. The third kappa shape index (κ3) is 4.42. The molecule has 0 atom stereocenters. The number of fused-ring (bicyclic) bond motifs is 2. The summed E-state index contributed by atoms with van der Waals surface area (Å²) in [4.78, 5) is 23.7. The predicted molar refractivity (Wildman–Crippen MR) is 130 cm³/mol. The lowest BCUT2D eigenvalue weighted by Gasteiger charge is -2.31. The molecule has 0 unspecified atom stereocenters. The Kier molecular flexibility index (Phi) is 5.86. The number of halogens is 4. The molecule has 2 aromatic heterocycles. The first-order chi connectivity index (χ1) is 17.9. The zero-order valence-electron chi connectivity index (χ0n) is 20.0. The summed E-state index contributed by atoms with van der Waals surface area (Å²) in [5.41, 5.74) is 5.37. The van der Waals surface area contributed by atoms with Crippen molar-refractivity contribution in [3.63, 3.8) is 0 Å². The number of nitrogens with zero attached hydrogens (tertiary/aromatic N) is 4. The van der Waals surface area contributed by atoms with Crippen LogP contribution in [0.15, 0.2) is 36.4 Å². The standard InChI is InChI=1S/C24H21F4N7O3/c1-23(2)21(37)32-14-10-12(4-6-16(14)38-23)30-19-17(25)18(33-22(29)34-19)11-3-5-15-13(9-11)31-20(24(26,27)28)35(15)7-8-36/h3-6,9-10,36H,7-8H2,1-2H3,(H,32,37)(H3,29,30,33,34). The maximum atomic E-state index is 15.5. The fraction of sp³-hybridized carbons (Fsp3) is 0.250. The highest BCUT2D eigenvalue weighted by atomic mass is 19.4. The van der Waals surface area contributed by atoms with Gasteiger partial charge < -0.3 is 30.8 Å². The molecule has 0 aliphatic carbocycles. The first-order valence-corrected chi connectivity index (χ1v) is 11.3. The monoisotopic (exact) mass is 531 g/mol. The first kappa shape index (κ1) is 25.2. The summed E-state index contributed by atoms with van der Waals surface area (Å²) >= 11 is 0. The molecule has 0 bridgehead atoms.